The molecular formula is C18H17N5O2. The lowest BCUT2D eigenvalue weighted by molar-refractivity contribution is -0.116. The first-order chi connectivity index (χ1) is 12.0. The van der Waals surface area contributed by atoms with Gasteiger partial charge in [-0.3, -0.25) is 9.59 Å². The van der Waals surface area contributed by atoms with Crippen molar-refractivity contribution in [1.82, 2.24) is 9.97 Å². The third-order valence-corrected chi connectivity index (χ3v) is 3.79. The summed E-state index contributed by atoms with van der Waals surface area (Å²) in [5.41, 5.74) is 8.22. The van der Waals surface area contributed by atoms with Crippen LogP contribution in [0.1, 0.15) is 17.4 Å². The summed E-state index contributed by atoms with van der Waals surface area (Å²) in [4.78, 5) is 33.4. The molecule has 7 nitrogen and oxygen atoms in total. The van der Waals surface area contributed by atoms with Gasteiger partial charge in [-0.15, -0.1) is 0 Å². The molecule has 0 saturated heterocycles. The van der Waals surface area contributed by atoms with Crippen molar-refractivity contribution in [2.24, 2.45) is 5.73 Å². The Kier molecular flexibility index (Phi) is 4.30. The van der Waals surface area contributed by atoms with Gasteiger partial charge >= 0.3 is 0 Å². The van der Waals surface area contributed by atoms with Crippen LogP contribution in [0.4, 0.5) is 17.2 Å². The summed E-state index contributed by atoms with van der Waals surface area (Å²) >= 11 is 0. The normalized spacial score (nSPS) is 10.5. The number of amides is 2. The average molecular weight is 335 g/mol. The Labute approximate surface area is 144 Å². The first-order valence-electron chi connectivity index (χ1n) is 7.63. The largest absolute Gasteiger partial charge is 0.364 e. The Morgan fingerprint density at radius 3 is 2.16 bits per heavy atom. The van der Waals surface area contributed by atoms with Gasteiger partial charge in [-0.2, -0.15) is 0 Å². The Hall–Kier alpha value is -3.48. The molecule has 126 valence electrons. The van der Waals surface area contributed by atoms with Crippen molar-refractivity contribution in [1.29, 1.82) is 0 Å². The van der Waals surface area contributed by atoms with Crippen LogP contribution < -0.4 is 16.0 Å². The fourth-order valence-electron chi connectivity index (χ4n) is 2.35. The molecule has 1 aromatic heterocycles. The fraction of sp³-hybridized carbons (Fsp3) is 0.111. The third-order valence-electron chi connectivity index (χ3n) is 3.79. The van der Waals surface area contributed by atoms with Crippen molar-refractivity contribution in [2.45, 2.75) is 6.92 Å². The molecule has 1 heterocycles. The van der Waals surface area contributed by atoms with Gasteiger partial charge in [0.15, 0.2) is 11.5 Å². The quantitative estimate of drug-likeness (QED) is 0.762. The lowest BCUT2D eigenvalue weighted by Gasteiger charge is -2.16. The summed E-state index contributed by atoms with van der Waals surface area (Å²) in [5, 5.41) is 3.06. The van der Waals surface area contributed by atoms with Crippen LogP contribution in [0, 0.1) is 0 Å². The van der Waals surface area contributed by atoms with E-state index in [1.54, 1.807) is 37.4 Å². The van der Waals surface area contributed by atoms with Crippen molar-refractivity contribution >= 4 is 40.0 Å². The summed E-state index contributed by atoms with van der Waals surface area (Å²) in [5.74, 6) is -0.426. The van der Waals surface area contributed by atoms with Gasteiger partial charge in [-0.1, -0.05) is 12.1 Å². The summed E-state index contributed by atoms with van der Waals surface area (Å²) in [7, 11) is 1.70. The molecule has 0 aliphatic carbocycles. The van der Waals surface area contributed by atoms with Gasteiger partial charge in [-0.05, 0) is 36.4 Å². The number of carbonyl (C=O) groups excluding carboxylic acids is 2. The number of hydrogen-bond donors (Lipinski definition) is 2. The van der Waals surface area contributed by atoms with E-state index in [0.717, 1.165) is 5.69 Å². The predicted molar refractivity (Wildman–Crippen MR) is 96.9 cm³/mol. The molecule has 0 aliphatic heterocycles. The molecule has 0 fully saturated rings. The monoisotopic (exact) mass is 335 g/mol. The number of primary amides is 1. The minimum atomic E-state index is -0.659. The second-order valence-corrected chi connectivity index (χ2v) is 5.52. The Bertz CT molecular complexity index is 953. The number of nitrogens with two attached hydrogens (primary N) is 1. The van der Waals surface area contributed by atoms with E-state index in [-0.39, 0.29) is 11.6 Å². The molecule has 0 atom stereocenters. The number of fused-ring (bicyclic) bond motifs is 1. The average Bonchev–Trinajstić information content (AvgIpc) is 2.61. The van der Waals surface area contributed by atoms with Gasteiger partial charge in [0.25, 0.3) is 5.91 Å². The van der Waals surface area contributed by atoms with Crippen LogP contribution in [0.25, 0.3) is 11.0 Å². The smallest absolute Gasteiger partial charge is 0.271 e. The van der Waals surface area contributed by atoms with Gasteiger partial charge in [0.05, 0.1) is 11.0 Å². The molecule has 2 aromatic carbocycles. The summed E-state index contributed by atoms with van der Waals surface area (Å²) in [6.45, 7) is 1.50. The number of para-hydroxylation sites is 2. The second kappa shape index (κ2) is 6.56. The molecule has 0 unspecified atom stereocenters. The molecular weight excluding hydrogens is 318 g/mol. The van der Waals surface area contributed by atoms with Gasteiger partial charge in [0.2, 0.25) is 5.91 Å². The zero-order valence-electron chi connectivity index (χ0n) is 13.9. The highest BCUT2D eigenvalue weighted by Gasteiger charge is 2.14. The molecule has 3 aromatic rings. The molecule has 25 heavy (non-hydrogen) atoms. The summed E-state index contributed by atoms with van der Waals surface area (Å²) < 4.78 is 0. The number of carbonyl (C=O) groups is 2. The maximum atomic E-state index is 11.7. The molecule has 7 heteroatoms. The number of benzene rings is 2. The number of aromatic nitrogens is 2. The first-order valence-corrected chi connectivity index (χ1v) is 7.63. The van der Waals surface area contributed by atoms with Crippen LogP contribution >= 0.6 is 0 Å². The third kappa shape index (κ3) is 3.40. The maximum Gasteiger partial charge on any atom is 0.271 e. The van der Waals surface area contributed by atoms with E-state index < -0.39 is 5.91 Å². The summed E-state index contributed by atoms with van der Waals surface area (Å²) in [6.07, 6.45) is 0. The van der Waals surface area contributed by atoms with E-state index in [1.165, 1.54) is 11.8 Å². The van der Waals surface area contributed by atoms with Crippen LogP contribution in [0.15, 0.2) is 48.5 Å². The lowest BCUT2D eigenvalue weighted by atomic mass is 10.2. The van der Waals surface area contributed by atoms with E-state index >= 15 is 0 Å². The van der Waals surface area contributed by atoms with Gasteiger partial charge in [0, 0.05) is 25.3 Å². The van der Waals surface area contributed by atoms with Crippen molar-refractivity contribution in [3.8, 4) is 0 Å². The highest BCUT2D eigenvalue weighted by Crippen LogP contribution is 2.23. The first kappa shape index (κ1) is 16.4. The van der Waals surface area contributed by atoms with Crippen LogP contribution in [0.5, 0.6) is 0 Å². The lowest BCUT2D eigenvalue weighted by Crippen LogP contribution is -2.22. The highest BCUT2D eigenvalue weighted by molar-refractivity contribution is 5.98. The molecule has 0 saturated carbocycles. The van der Waals surface area contributed by atoms with Gasteiger partial charge in [0.1, 0.15) is 0 Å². The molecule has 0 bridgehead atoms. The minimum Gasteiger partial charge on any atom is -0.364 e. The predicted octanol–water partition coefficient (Wildman–Crippen LogP) is 2.46. The Morgan fingerprint density at radius 2 is 1.60 bits per heavy atom. The Morgan fingerprint density at radius 1 is 1.00 bits per heavy atom. The topological polar surface area (TPSA) is 101 Å². The van der Waals surface area contributed by atoms with Crippen molar-refractivity contribution in [2.75, 3.05) is 17.3 Å². The molecule has 0 spiro atoms. The van der Waals surface area contributed by atoms with Crippen LogP contribution in [-0.2, 0) is 4.79 Å². The van der Waals surface area contributed by atoms with Gasteiger partial charge < -0.3 is 16.0 Å². The summed E-state index contributed by atoms with van der Waals surface area (Å²) in [6, 6.07) is 14.4. The molecule has 3 N–H and O–H groups in total. The highest BCUT2D eigenvalue weighted by atomic mass is 16.2. The minimum absolute atomic E-state index is 0.0582. The van der Waals surface area contributed by atoms with E-state index in [9.17, 15) is 9.59 Å². The SMILES string of the molecule is CC(=O)N(C)c1ccc(Nc2nc3ccccc3nc2C(N)=O)cc1. The number of nitrogens with zero attached hydrogens (tertiary/aromatic N) is 3. The van der Waals surface area contributed by atoms with E-state index in [2.05, 4.69) is 15.3 Å². The zero-order valence-corrected chi connectivity index (χ0v) is 13.9. The molecule has 2 amide bonds. The van der Waals surface area contributed by atoms with Crippen LogP contribution in [0.3, 0.4) is 0 Å². The molecule has 0 radical (unpaired) electrons. The van der Waals surface area contributed by atoms with Crippen LogP contribution in [-0.4, -0.2) is 28.8 Å². The number of anilines is 3. The van der Waals surface area contributed by atoms with Crippen LogP contribution in [0.2, 0.25) is 0 Å². The zero-order chi connectivity index (χ0) is 18.0. The van der Waals surface area contributed by atoms with E-state index in [4.69, 9.17) is 5.73 Å². The van der Waals surface area contributed by atoms with Crippen molar-refractivity contribution in [3.63, 3.8) is 0 Å². The second-order valence-electron chi connectivity index (χ2n) is 5.52. The number of rotatable bonds is 4. The Balaban J connectivity index is 1.95. The maximum absolute atomic E-state index is 11.7. The van der Waals surface area contributed by atoms with E-state index in [1.807, 2.05) is 18.2 Å². The van der Waals surface area contributed by atoms with Gasteiger partial charge in [-0.25, -0.2) is 9.97 Å². The number of hydrogen-bond acceptors (Lipinski definition) is 5. The number of nitrogens with one attached hydrogen (secondary N) is 1. The molecule has 3 rings (SSSR count). The standard InChI is InChI=1S/C18H17N5O2/c1-11(24)23(2)13-9-7-12(8-10-13)20-18-16(17(19)25)21-14-5-3-4-6-15(14)22-18/h3-10H,1-2H3,(H2,19,25)(H,20,22). The van der Waals surface area contributed by atoms with Crippen molar-refractivity contribution in [3.05, 3.63) is 54.2 Å². The van der Waals surface area contributed by atoms with E-state index in [0.29, 0.717) is 22.5 Å². The fourth-order valence-corrected chi connectivity index (χ4v) is 2.35. The van der Waals surface area contributed by atoms with Crippen molar-refractivity contribution < 1.29 is 9.59 Å². The molecule has 0 aliphatic rings.